The lowest BCUT2D eigenvalue weighted by Gasteiger charge is -2.27. The number of pyridine rings is 1. The van der Waals surface area contributed by atoms with Crippen molar-refractivity contribution in [1.82, 2.24) is 21.0 Å². The van der Waals surface area contributed by atoms with Gasteiger partial charge in [0.25, 0.3) is 5.91 Å². The van der Waals surface area contributed by atoms with Gasteiger partial charge in [-0.2, -0.15) is 0 Å². The minimum absolute atomic E-state index is 0.0899. The summed E-state index contributed by atoms with van der Waals surface area (Å²) in [6, 6.07) is 10.2. The highest BCUT2D eigenvalue weighted by Gasteiger charge is 2.49. The molecule has 1 saturated heterocycles. The molecule has 2 aliphatic heterocycles. The quantitative estimate of drug-likeness (QED) is 0.656. The number of hydrazine groups is 1. The summed E-state index contributed by atoms with van der Waals surface area (Å²) in [5, 5.41) is 7.83. The number of nitrogens with zero attached hydrogens (tertiary/aromatic N) is 3. The number of carbonyl (C=O) groups excluding carboxylic acids is 1. The molecule has 8 nitrogen and oxygen atoms in total. The monoisotopic (exact) mass is 382 g/mol. The number of hydrogen-bond acceptors (Lipinski definition) is 7. The molecule has 0 spiro atoms. The topological polar surface area (TPSA) is 81.8 Å². The van der Waals surface area contributed by atoms with E-state index in [-0.39, 0.29) is 5.91 Å². The Morgan fingerprint density at radius 1 is 1.04 bits per heavy atom. The van der Waals surface area contributed by atoms with Gasteiger partial charge in [-0.25, -0.2) is 15.4 Å². The highest BCUT2D eigenvalue weighted by molar-refractivity contribution is 6.07. The van der Waals surface area contributed by atoms with Crippen LogP contribution in [0, 0.1) is 0 Å². The van der Waals surface area contributed by atoms with Crippen LogP contribution in [0.3, 0.4) is 0 Å². The van der Waals surface area contributed by atoms with Gasteiger partial charge >= 0.3 is 0 Å². The minimum atomic E-state index is -0.935. The maximum atomic E-state index is 13.0. The van der Waals surface area contributed by atoms with Crippen molar-refractivity contribution in [2.45, 2.75) is 5.66 Å². The smallest absolute Gasteiger partial charge is 0.281 e. The summed E-state index contributed by atoms with van der Waals surface area (Å²) < 4.78 is 5.40. The van der Waals surface area contributed by atoms with E-state index in [0.717, 1.165) is 54.5 Å². The van der Waals surface area contributed by atoms with Crippen molar-refractivity contribution < 1.29 is 9.53 Å². The Morgan fingerprint density at radius 3 is 2.36 bits per heavy atom. The van der Waals surface area contributed by atoms with Crippen LogP contribution in [0.25, 0.3) is 11.1 Å². The predicted molar refractivity (Wildman–Crippen MR) is 109 cm³/mol. The lowest BCUT2D eigenvalue weighted by Crippen LogP contribution is -2.59. The van der Waals surface area contributed by atoms with E-state index in [9.17, 15) is 4.79 Å². The molecule has 0 bridgehead atoms. The van der Waals surface area contributed by atoms with Gasteiger partial charge in [0.1, 0.15) is 5.82 Å². The van der Waals surface area contributed by atoms with Crippen molar-refractivity contribution in [2.24, 2.45) is 0 Å². The van der Waals surface area contributed by atoms with Crippen LogP contribution in [-0.2, 0) is 15.2 Å². The molecule has 2 aliphatic rings. The maximum absolute atomic E-state index is 13.0. The molecule has 1 amide bonds. The lowest BCUT2D eigenvalue weighted by atomic mass is 9.97. The first kappa shape index (κ1) is 18.8. The second-order valence-electron chi connectivity index (χ2n) is 6.85. The van der Waals surface area contributed by atoms with E-state index in [1.54, 1.807) is 26.2 Å². The first-order chi connectivity index (χ1) is 13.6. The maximum Gasteiger partial charge on any atom is 0.281 e. The number of hydrogen-bond donors (Lipinski definition) is 3. The highest BCUT2D eigenvalue weighted by Crippen LogP contribution is 2.39. The summed E-state index contributed by atoms with van der Waals surface area (Å²) in [4.78, 5) is 19.8. The van der Waals surface area contributed by atoms with Crippen molar-refractivity contribution in [3.8, 4) is 11.1 Å². The molecule has 3 heterocycles. The molecule has 0 unspecified atom stereocenters. The molecule has 2 aromatic rings. The largest absolute Gasteiger partial charge is 0.378 e. The summed E-state index contributed by atoms with van der Waals surface area (Å²) in [6.45, 7) is 3.20. The molecule has 0 radical (unpaired) electrons. The van der Waals surface area contributed by atoms with E-state index in [1.165, 1.54) is 0 Å². The second-order valence-corrected chi connectivity index (χ2v) is 6.85. The zero-order chi connectivity index (χ0) is 19.7. The third-order valence-electron chi connectivity index (χ3n) is 5.56. The fourth-order valence-electron chi connectivity index (χ4n) is 3.97. The molecule has 4 rings (SSSR count). The fourth-order valence-corrected chi connectivity index (χ4v) is 3.97. The summed E-state index contributed by atoms with van der Waals surface area (Å²) in [5.74, 6) is 0.873. The minimum Gasteiger partial charge on any atom is -0.378 e. The summed E-state index contributed by atoms with van der Waals surface area (Å²) >= 11 is 0. The van der Waals surface area contributed by atoms with Crippen LogP contribution in [0.2, 0.25) is 0 Å². The molecule has 8 heteroatoms. The van der Waals surface area contributed by atoms with Gasteiger partial charge in [-0.05, 0) is 37.9 Å². The molecule has 1 aromatic heterocycles. The van der Waals surface area contributed by atoms with Crippen LogP contribution in [-0.4, -0.2) is 58.3 Å². The predicted octanol–water partition coefficient (Wildman–Crippen LogP) is 0.658. The molecule has 0 aliphatic carbocycles. The Bertz CT molecular complexity index is 859. The van der Waals surface area contributed by atoms with Crippen LogP contribution >= 0.6 is 0 Å². The second kappa shape index (κ2) is 7.48. The number of rotatable bonds is 5. The molecular weight excluding hydrogens is 356 g/mol. The molecule has 1 fully saturated rings. The van der Waals surface area contributed by atoms with E-state index < -0.39 is 5.66 Å². The number of ether oxygens (including phenoxy) is 1. The number of aromatic nitrogens is 1. The molecule has 1 aromatic carbocycles. The van der Waals surface area contributed by atoms with Crippen LogP contribution < -0.4 is 26.0 Å². The van der Waals surface area contributed by atoms with Gasteiger partial charge in [0.2, 0.25) is 0 Å². The molecular formula is C20H26N6O2. The number of carbonyl (C=O) groups is 1. The van der Waals surface area contributed by atoms with Crippen molar-refractivity contribution in [2.75, 3.05) is 57.4 Å². The van der Waals surface area contributed by atoms with E-state index in [2.05, 4.69) is 32.0 Å². The molecule has 148 valence electrons. The number of fused-ring (bicyclic) bond motifs is 1. The first-order valence-electron chi connectivity index (χ1n) is 9.48. The number of benzene rings is 1. The van der Waals surface area contributed by atoms with Crippen LogP contribution in [0.1, 0.15) is 5.56 Å². The van der Waals surface area contributed by atoms with Crippen LogP contribution in [0.15, 0.2) is 36.5 Å². The van der Waals surface area contributed by atoms with E-state index in [4.69, 9.17) is 4.74 Å². The standard InChI is InChI=1S/C20H26N6O2/c1-21-20(22-2)16-6-4-14(12-17(16)26(23-3)19(20)27)15-5-7-18(24-13-15)25-8-10-28-11-9-25/h4-7,12-13,21-23H,8-11H2,1-3H3. The normalized spacial score (nSPS) is 18.5. The Balaban J connectivity index is 1.67. The molecule has 0 atom stereocenters. The van der Waals surface area contributed by atoms with Gasteiger partial charge in [0.15, 0.2) is 5.66 Å². The van der Waals surface area contributed by atoms with Crippen LogP contribution in [0.5, 0.6) is 0 Å². The zero-order valence-corrected chi connectivity index (χ0v) is 16.5. The number of amides is 1. The van der Waals surface area contributed by atoms with Crippen molar-refractivity contribution in [3.05, 3.63) is 42.1 Å². The lowest BCUT2D eigenvalue weighted by molar-refractivity contribution is -0.125. The number of likely N-dealkylation sites (N-methyl/N-ethyl adjacent to an activating group) is 2. The fraction of sp³-hybridized carbons (Fsp3) is 0.400. The van der Waals surface area contributed by atoms with Gasteiger partial charge in [0, 0.05) is 37.5 Å². The Labute approximate surface area is 164 Å². The van der Waals surface area contributed by atoms with Gasteiger partial charge in [-0.15, -0.1) is 0 Å². The third-order valence-corrected chi connectivity index (χ3v) is 5.56. The first-order valence-corrected chi connectivity index (χ1v) is 9.48. The third kappa shape index (κ3) is 2.85. The van der Waals surface area contributed by atoms with Gasteiger partial charge in [0.05, 0.1) is 18.9 Å². The number of morpholine rings is 1. The van der Waals surface area contributed by atoms with E-state index in [1.807, 2.05) is 30.5 Å². The molecule has 0 saturated carbocycles. The summed E-state index contributed by atoms with van der Waals surface area (Å²) in [7, 11) is 5.30. The average molecular weight is 382 g/mol. The Kier molecular flexibility index (Phi) is 5.03. The average Bonchev–Trinajstić information content (AvgIpc) is 3.01. The summed E-state index contributed by atoms with van der Waals surface area (Å²) in [6.07, 6.45) is 1.89. The van der Waals surface area contributed by atoms with Crippen molar-refractivity contribution in [1.29, 1.82) is 0 Å². The number of anilines is 2. The SMILES string of the molecule is CNN1C(=O)C(NC)(NC)c2ccc(-c3ccc(N4CCOCC4)nc3)cc21. The van der Waals surface area contributed by atoms with Gasteiger partial charge < -0.3 is 9.64 Å². The van der Waals surface area contributed by atoms with Crippen LogP contribution in [0.4, 0.5) is 11.5 Å². The molecule has 28 heavy (non-hydrogen) atoms. The van der Waals surface area contributed by atoms with E-state index in [0.29, 0.717) is 0 Å². The summed E-state index contributed by atoms with van der Waals surface area (Å²) in [5.41, 5.74) is 5.79. The van der Waals surface area contributed by atoms with E-state index >= 15 is 0 Å². The Hall–Kier alpha value is -2.52. The molecule has 3 N–H and O–H groups in total. The highest BCUT2D eigenvalue weighted by atomic mass is 16.5. The Morgan fingerprint density at radius 2 is 1.75 bits per heavy atom. The van der Waals surface area contributed by atoms with Gasteiger partial charge in [-0.1, -0.05) is 12.1 Å². The number of nitrogens with one attached hydrogen (secondary N) is 3. The zero-order valence-electron chi connectivity index (χ0n) is 16.5. The van der Waals surface area contributed by atoms with Crippen molar-refractivity contribution in [3.63, 3.8) is 0 Å². The van der Waals surface area contributed by atoms with Gasteiger partial charge in [-0.3, -0.25) is 15.4 Å². The van der Waals surface area contributed by atoms with Crippen molar-refractivity contribution >= 4 is 17.4 Å².